The normalized spacial score (nSPS) is 17.4. The minimum atomic E-state index is -0.210. The number of carbonyl (C=O) groups is 2. The highest BCUT2D eigenvalue weighted by Gasteiger charge is 2.23. The summed E-state index contributed by atoms with van der Waals surface area (Å²) in [6.07, 6.45) is 7.70. The van der Waals surface area contributed by atoms with Gasteiger partial charge in [-0.3, -0.25) is 9.59 Å². The van der Waals surface area contributed by atoms with Crippen LogP contribution in [-0.2, 0) is 4.79 Å². The quantitative estimate of drug-likeness (QED) is 0.722. The third kappa shape index (κ3) is 5.34. The molecule has 3 rings (SSSR count). The van der Waals surface area contributed by atoms with Crippen LogP contribution in [0.5, 0.6) is 0 Å². The Hall–Kier alpha value is -2.80. The van der Waals surface area contributed by atoms with Crippen molar-refractivity contribution in [2.45, 2.75) is 19.3 Å². The van der Waals surface area contributed by atoms with Crippen molar-refractivity contribution >= 4 is 11.8 Å². The first-order chi connectivity index (χ1) is 13.1. The van der Waals surface area contributed by atoms with Crippen molar-refractivity contribution in [1.82, 2.24) is 20.2 Å². The van der Waals surface area contributed by atoms with Gasteiger partial charge in [0.15, 0.2) is 0 Å². The van der Waals surface area contributed by atoms with Crippen molar-refractivity contribution in [2.24, 2.45) is 11.7 Å². The molecule has 0 saturated carbocycles. The molecule has 2 amide bonds. The number of hydrogen-bond acceptors (Lipinski definition) is 5. The van der Waals surface area contributed by atoms with Gasteiger partial charge in [-0.25, -0.2) is 9.97 Å². The summed E-state index contributed by atoms with van der Waals surface area (Å²) in [6.45, 7) is 3.18. The molecule has 1 aromatic heterocycles. The number of amides is 2. The van der Waals surface area contributed by atoms with Crippen molar-refractivity contribution in [1.29, 1.82) is 0 Å². The van der Waals surface area contributed by atoms with E-state index in [0.717, 1.165) is 50.0 Å². The summed E-state index contributed by atoms with van der Waals surface area (Å²) in [5.41, 5.74) is 7.92. The van der Waals surface area contributed by atoms with Crippen LogP contribution in [0.25, 0.3) is 11.1 Å². The Morgan fingerprint density at radius 2 is 1.89 bits per heavy atom. The third-order valence-corrected chi connectivity index (χ3v) is 4.89. The maximum absolute atomic E-state index is 12.3. The number of primary amides is 1. The first kappa shape index (κ1) is 19.0. The van der Waals surface area contributed by atoms with Crippen LogP contribution in [0.2, 0.25) is 0 Å². The summed E-state index contributed by atoms with van der Waals surface area (Å²) in [4.78, 5) is 33.9. The number of rotatable bonds is 7. The van der Waals surface area contributed by atoms with Gasteiger partial charge in [0.05, 0.1) is 5.92 Å². The van der Waals surface area contributed by atoms with Crippen LogP contribution in [0.3, 0.4) is 0 Å². The second-order valence-electron chi connectivity index (χ2n) is 6.86. The van der Waals surface area contributed by atoms with Gasteiger partial charge in [-0.2, -0.15) is 0 Å². The number of aromatic nitrogens is 2. The average Bonchev–Trinajstić information content (AvgIpc) is 2.72. The predicted octanol–water partition coefficient (Wildman–Crippen LogP) is 1.46. The lowest BCUT2D eigenvalue weighted by Gasteiger charge is -2.31. The molecule has 1 saturated heterocycles. The molecule has 1 aliphatic heterocycles. The van der Waals surface area contributed by atoms with Crippen molar-refractivity contribution in [3.63, 3.8) is 0 Å². The van der Waals surface area contributed by atoms with Crippen LogP contribution in [0.15, 0.2) is 43.0 Å². The Morgan fingerprint density at radius 1 is 1.15 bits per heavy atom. The van der Waals surface area contributed by atoms with Gasteiger partial charge in [-0.15, -0.1) is 0 Å². The van der Waals surface area contributed by atoms with Crippen LogP contribution in [0.4, 0.5) is 0 Å². The Labute approximate surface area is 159 Å². The molecular weight excluding hydrogens is 342 g/mol. The molecule has 2 heterocycles. The van der Waals surface area contributed by atoms with Crippen molar-refractivity contribution in [3.8, 4) is 11.1 Å². The lowest BCUT2D eigenvalue weighted by atomic mass is 9.97. The smallest absolute Gasteiger partial charge is 0.251 e. The van der Waals surface area contributed by atoms with E-state index in [2.05, 4.69) is 20.2 Å². The maximum Gasteiger partial charge on any atom is 0.251 e. The van der Waals surface area contributed by atoms with E-state index >= 15 is 0 Å². The average molecular weight is 367 g/mol. The van der Waals surface area contributed by atoms with E-state index in [0.29, 0.717) is 12.1 Å². The molecule has 142 valence electrons. The maximum atomic E-state index is 12.3. The van der Waals surface area contributed by atoms with Gasteiger partial charge in [0.25, 0.3) is 5.91 Å². The monoisotopic (exact) mass is 367 g/mol. The van der Waals surface area contributed by atoms with E-state index < -0.39 is 0 Å². The Balaban J connectivity index is 1.42. The standard InChI is InChI=1S/C20H25N5O2/c21-19(26)17-3-1-9-25(13-17)10-2-8-24-20(27)16-6-4-15(5-7-16)18-11-22-14-23-12-18/h4-7,11-12,14,17H,1-3,8-10,13H2,(H2,21,26)(H,24,27)/t17-/m0/s1. The minimum Gasteiger partial charge on any atom is -0.369 e. The van der Waals surface area contributed by atoms with Gasteiger partial charge < -0.3 is 16.0 Å². The molecule has 0 radical (unpaired) electrons. The number of likely N-dealkylation sites (tertiary alicyclic amines) is 1. The lowest BCUT2D eigenvalue weighted by Crippen LogP contribution is -2.42. The fraction of sp³-hybridized carbons (Fsp3) is 0.400. The van der Waals surface area contributed by atoms with E-state index in [1.54, 1.807) is 24.5 Å². The Bertz CT molecular complexity index is 764. The summed E-state index contributed by atoms with van der Waals surface area (Å²) >= 11 is 0. The zero-order valence-electron chi connectivity index (χ0n) is 15.3. The number of carbonyl (C=O) groups excluding carboxylic acids is 2. The Kier molecular flexibility index (Phi) is 6.49. The number of benzene rings is 1. The van der Waals surface area contributed by atoms with Gasteiger partial charge in [-0.05, 0) is 50.0 Å². The summed E-state index contributed by atoms with van der Waals surface area (Å²) < 4.78 is 0. The second-order valence-corrected chi connectivity index (χ2v) is 6.86. The van der Waals surface area contributed by atoms with Gasteiger partial charge in [0, 0.05) is 36.6 Å². The summed E-state index contributed by atoms with van der Waals surface area (Å²) in [5, 5.41) is 2.95. The van der Waals surface area contributed by atoms with Gasteiger partial charge in [-0.1, -0.05) is 12.1 Å². The minimum absolute atomic E-state index is 0.0399. The number of hydrogen-bond donors (Lipinski definition) is 2. The number of nitrogens with two attached hydrogens (primary N) is 1. The van der Waals surface area contributed by atoms with Crippen LogP contribution in [0.1, 0.15) is 29.6 Å². The topological polar surface area (TPSA) is 101 Å². The van der Waals surface area contributed by atoms with E-state index in [4.69, 9.17) is 5.73 Å². The molecule has 0 aliphatic carbocycles. The van der Waals surface area contributed by atoms with Crippen LogP contribution in [-0.4, -0.2) is 52.9 Å². The zero-order valence-corrected chi connectivity index (χ0v) is 15.3. The van der Waals surface area contributed by atoms with Crippen LogP contribution in [0, 0.1) is 5.92 Å². The number of nitrogens with zero attached hydrogens (tertiary/aromatic N) is 3. The third-order valence-electron chi connectivity index (χ3n) is 4.89. The molecule has 27 heavy (non-hydrogen) atoms. The summed E-state index contributed by atoms with van der Waals surface area (Å²) in [5.74, 6) is -0.333. The molecule has 7 heteroatoms. The van der Waals surface area contributed by atoms with Crippen molar-refractivity contribution in [2.75, 3.05) is 26.2 Å². The van der Waals surface area contributed by atoms with Crippen LogP contribution < -0.4 is 11.1 Å². The molecule has 1 atom stereocenters. The lowest BCUT2D eigenvalue weighted by molar-refractivity contribution is -0.123. The van der Waals surface area contributed by atoms with E-state index in [1.807, 2.05) is 12.1 Å². The van der Waals surface area contributed by atoms with E-state index in [-0.39, 0.29) is 17.7 Å². The molecule has 2 aromatic rings. The first-order valence-corrected chi connectivity index (χ1v) is 9.29. The van der Waals surface area contributed by atoms with Crippen molar-refractivity contribution in [3.05, 3.63) is 48.5 Å². The van der Waals surface area contributed by atoms with Gasteiger partial charge >= 0.3 is 0 Å². The fourth-order valence-electron chi connectivity index (χ4n) is 3.36. The molecule has 1 aromatic carbocycles. The highest BCUT2D eigenvalue weighted by Crippen LogP contribution is 2.18. The SMILES string of the molecule is NC(=O)[C@H]1CCCN(CCCNC(=O)c2ccc(-c3cncnc3)cc2)C1. The zero-order chi connectivity index (χ0) is 19.1. The molecule has 7 nitrogen and oxygen atoms in total. The molecular formula is C20H25N5O2. The second kappa shape index (κ2) is 9.23. The van der Waals surface area contributed by atoms with Crippen molar-refractivity contribution < 1.29 is 9.59 Å². The fourth-order valence-corrected chi connectivity index (χ4v) is 3.36. The first-order valence-electron chi connectivity index (χ1n) is 9.29. The summed E-state index contributed by atoms with van der Waals surface area (Å²) in [7, 11) is 0. The molecule has 3 N–H and O–H groups in total. The van der Waals surface area contributed by atoms with E-state index in [9.17, 15) is 9.59 Å². The van der Waals surface area contributed by atoms with Gasteiger partial charge in [0.2, 0.25) is 5.91 Å². The predicted molar refractivity (Wildman–Crippen MR) is 103 cm³/mol. The Morgan fingerprint density at radius 3 is 2.59 bits per heavy atom. The largest absolute Gasteiger partial charge is 0.369 e. The van der Waals surface area contributed by atoms with Gasteiger partial charge in [0.1, 0.15) is 6.33 Å². The van der Waals surface area contributed by atoms with Crippen LogP contribution >= 0.6 is 0 Å². The molecule has 1 aliphatic rings. The molecule has 0 unspecified atom stereocenters. The highest BCUT2D eigenvalue weighted by molar-refractivity contribution is 5.94. The highest BCUT2D eigenvalue weighted by atomic mass is 16.2. The number of piperidine rings is 1. The van der Waals surface area contributed by atoms with E-state index in [1.165, 1.54) is 6.33 Å². The summed E-state index contributed by atoms with van der Waals surface area (Å²) in [6, 6.07) is 7.40. The molecule has 0 spiro atoms. The number of nitrogens with one attached hydrogen (secondary N) is 1. The molecule has 0 bridgehead atoms. The molecule has 1 fully saturated rings.